The molecule has 68 heavy (non-hydrogen) atoms. The molecule has 2 aromatic carbocycles. The molecular weight excluding hydrogens is 933 g/mol. The molecule has 0 unspecified atom stereocenters. The first-order chi connectivity index (χ1) is 32.0. The molecule has 1 aliphatic carbocycles. The van der Waals surface area contributed by atoms with Crippen molar-refractivity contribution in [1.82, 2.24) is 40.2 Å². The predicted octanol–water partition coefficient (Wildman–Crippen LogP) is 3.62. The van der Waals surface area contributed by atoms with E-state index in [0.717, 1.165) is 16.1 Å². The van der Waals surface area contributed by atoms with Gasteiger partial charge >= 0.3 is 34.6 Å². The Morgan fingerprint density at radius 2 is 1.53 bits per heavy atom. The maximum atomic E-state index is 14.2. The highest BCUT2D eigenvalue weighted by molar-refractivity contribution is 7.84. The summed E-state index contributed by atoms with van der Waals surface area (Å²) in [6.07, 6.45) is -1.71. The average molecular weight is 983 g/mol. The second-order valence-electron chi connectivity index (χ2n) is 17.2. The first-order valence-electron chi connectivity index (χ1n) is 20.9. The van der Waals surface area contributed by atoms with Crippen LogP contribution in [0.4, 0.5) is 19.5 Å². The number of carbonyl (C=O) groups is 6. The lowest BCUT2D eigenvalue weighted by atomic mass is 9.98. The molecule has 1 saturated heterocycles. The number of rotatable bonds is 18. The van der Waals surface area contributed by atoms with Crippen LogP contribution in [0.5, 0.6) is 0 Å². The van der Waals surface area contributed by atoms with E-state index in [1.165, 1.54) is 11.6 Å². The fourth-order valence-electron chi connectivity index (χ4n) is 6.26. The molecule has 0 bridgehead atoms. The van der Waals surface area contributed by atoms with Crippen LogP contribution in [0.3, 0.4) is 0 Å². The fourth-order valence-corrected chi connectivity index (χ4v) is 7.81. The highest BCUT2D eigenvalue weighted by atomic mass is 32.2. The Kier molecular flexibility index (Phi) is 15.3. The number of esters is 1. The Morgan fingerprint density at radius 3 is 2.12 bits per heavy atom. The predicted molar refractivity (Wildman–Crippen MR) is 239 cm³/mol. The Labute approximate surface area is 393 Å². The van der Waals surface area contributed by atoms with E-state index in [1.54, 1.807) is 90.1 Å². The van der Waals surface area contributed by atoms with E-state index in [-0.39, 0.29) is 53.4 Å². The monoisotopic (exact) mass is 982 g/mol. The number of hydrogen-bond donors (Lipinski definition) is 5. The van der Waals surface area contributed by atoms with Crippen LogP contribution in [-0.2, 0) is 61.6 Å². The van der Waals surface area contributed by atoms with Crippen LogP contribution in [-0.4, -0.2) is 121 Å². The second kappa shape index (κ2) is 20.8. The maximum absolute atomic E-state index is 14.2. The Bertz CT molecular complexity index is 2590. The lowest BCUT2D eigenvalue weighted by Crippen LogP contribution is -2.73. The van der Waals surface area contributed by atoms with Gasteiger partial charge in [0, 0.05) is 18.2 Å². The fraction of sp³-hybridized carbons (Fsp3) is 0.429. The van der Waals surface area contributed by atoms with Crippen molar-refractivity contribution in [1.29, 1.82) is 0 Å². The van der Waals surface area contributed by atoms with E-state index in [4.69, 9.17) is 23.8 Å². The van der Waals surface area contributed by atoms with Gasteiger partial charge < -0.3 is 39.7 Å². The minimum atomic E-state index is -5.18. The molecule has 2 aliphatic rings. The number of oxime groups is 1. The second-order valence-corrected chi connectivity index (χ2v) is 19.4. The Balaban J connectivity index is 1.17. The van der Waals surface area contributed by atoms with Crippen LogP contribution in [0.1, 0.15) is 83.0 Å². The molecule has 5 N–H and O–H groups in total. The molecule has 1 aliphatic heterocycles. The quantitative estimate of drug-likeness (QED) is 0.0181. The van der Waals surface area contributed by atoms with Crippen molar-refractivity contribution in [2.24, 2.45) is 5.16 Å². The van der Waals surface area contributed by atoms with Crippen molar-refractivity contribution >= 4 is 68.5 Å². The highest BCUT2D eigenvalue weighted by Crippen LogP contribution is 2.43. The third-order valence-electron chi connectivity index (χ3n) is 9.44. The first-order valence-corrected chi connectivity index (χ1v) is 23.2. The Morgan fingerprint density at radius 1 is 0.912 bits per heavy atom. The number of β-lactam (4-membered cyclic amide) rings is 1. The molecule has 0 radical (unpaired) electrons. The van der Waals surface area contributed by atoms with Crippen molar-refractivity contribution < 1.29 is 65.5 Å². The highest BCUT2D eigenvalue weighted by Gasteiger charge is 2.57. The van der Waals surface area contributed by atoms with Gasteiger partial charge in [-0.15, -0.1) is 11.3 Å². The zero-order chi connectivity index (χ0) is 49.4. The number of carbonyl (C=O) groups excluding carboxylic acids is 6. The molecule has 26 heteroatoms. The first kappa shape index (κ1) is 50.2. The number of hydrogen-bond acceptors (Lipinski definition) is 18. The molecule has 364 valence electrons. The molecule has 5 amide bonds. The molecule has 4 aromatic rings. The minimum Gasteiger partial charge on any atom is -0.450 e. The summed E-state index contributed by atoms with van der Waals surface area (Å²) in [5, 5.41) is 23.3. The van der Waals surface area contributed by atoms with E-state index in [0.29, 0.717) is 11.1 Å². The van der Waals surface area contributed by atoms with E-state index in [9.17, 15) is 41.7 Å². The normalized spacial score (nSPS) is 16.7. The van der Waals surface area contributed by atoms with Crippen LogP contribution >= 0.6 is 11.3 Å². The van der Waals surface area contributed by atoms with Crippen molar-refractivity contribution in [3.8, 4) is 0 Å². The summed E-state index contributed by atoms with van der Waals surface area (Å²) in [6, 6.07) is 14.9. The number of nitrogens with zero attached hydrogens (tertiary/aromatic N) is 6. The van der Waals surface area contributed by atoms with Gasteiger partial charge in [-0.3, -0.25) is 19.5 Å². The summed E-state index contributed by atoms with van der Waals surface area (Å²) < 4.78 is 56.3. The van der Waals surface area contributed by atoms with Gasteiger partial charge in [0.1, 0.15) is 41.3 Å². The molecule has 24 nitrogen and oxygen atoms in total. The zero-order valence-electron chi connectivity index (χ0n) is 37.7. The molecular formula is C42H50N10O14S2. The van der Waals surface area contributed by atoms with E-state index < -0.39 is 93.6 Å². The summed E-state index contributed by atoms with van der Waals surface area (Å²) in [4.78, 5) is 89.0. The van der Waals surface area contributed by atoms with Gasteiger partial charge in [0.15, 0.2) is 16.9 Å². The number of aromatic nitrogens is 4. The number of alkyl carbamates (subject to hydrolysis) is 2. The van der Waals surface area contributed by atoms with Crippen molar-refractivity contribution in [3.05, 3.63) is 94.8 Å². The third-order valence-corrected chi connectivity index (χ3v) is 11.1. The summed E-state index contributed by atoms with van der Waals surface area (Å²) in [5.74, 6) is -3.15. The lowest BCUT2D eigenvalue weighted by molar-refractivity contribution is -0.164. The molecule has 2 atom stereocenters. The van der Waals surface area contributed by atoms with E-state index >= 15 is 0 Å². The van der Waals surface area contributed by atoms with Crippen LogP contribution in [0, 0.1) is 0 Å². The maximum Gasteiger partial charge on any atom is 0.413 e. The van der Waals surface area contributed by atoms with E-state index in [1.807, 2.05) is 12.1 Å². The number of amides is 5. The van der Waals surface area contributed by atoms with Crippen LogP contribution in [0.2, 0.25) is 0 Å². The van der Waals surface area contributed by atoms with Gasteiger partial charge in [-0.1, -0.05) is 65.8 Å². The van der Waals surface area contributed by atoms with Crippen molar-refractivity contribution in [2.45, 2.75) is 102 Å². The minimum absolute atomic E-state index is 0.0301. The molecule has 2 aromatic heterocycles. The van der Waals surface area contributed by atoms with Gasteiger partial charge in [0.25, 0.3) is 11.8 Å². The van der Waals surface area contributed by atoms with Gasteiger partial charge in [0.2, 0.25) is 5.60 Å². The van der Waals surface area contributed by atoms with Gasteiger partial charge in [-0.05, 0) is 52.7 Å². The molecule has 6 rings (SSSR count). The van der Waals surface area contributed by atoms with Gasteiger partial charge in [0.05, 0.1) is 25.8 Å². The van der Waals surface area contributed by atoms with Crippen LogP contribution in [0.25, 0.3) is 0 Å². The lowest BCUT2D eigenvalue weighted by Gasteiger charge is -2.43. The zero-order valence-corrected chi connectivity index (χ0v) is 39.3. The summed E-state index contributed by atoms with van der Waals surface area (Å²) in [5.41, 5.74) is -2.46. The average Bonchev–Trinajstić information content (AvgIpc) is 3.68. The topological polar surface area (TPSA) is 310 Å². The number of ether oxygens (including phenoxy) is 4. The third kappa shape index (κ3) is 13.7. The van der Waals surface area contributed by atoms with Crippen molar-refractivity contribution in [2.75, 3.05) is 18.5 Å². The summed E-state index contributed by atoms with van der Waals surface area (Å²) in [6.45, 7) is 9.12. The van der Waals surface area contributed by atoms with Crippen LogP contribution in [0.15, 0.2) is 77.4 Å². The SMILES string of the molecule is CC(C)(C)OC(=O)NCCOC(=O)NCc1cnn(C[C@@H]2[C@H](NC(=O)/C(=N\OC3(C(=O)OC(c4ccccc4)c4ccccc4)CC3)c3csc(NC(=O)OC(C)(C)C)n3)C(=O)N2S(=O)(=O)O)n1. The summed E-state index contributed by atoms with van der Waals surface area (Å²) >= 11 is 0.877. The number of anilines is 1. The molecule has 1 saturated carbocycles. The standard InChI is InChI=1S/C42H50N10O14S2/c1-40(2,3)64-38(57)43-19-20-62-37(56)44-21-27-22-45-51(49-27)23-29-31(34(54)52(29)68(59,60)61)47-33(53)30(28-24-67-36(46-28)48-39(58)65-41(4,5)6)50-66-42(17-18-42)35(55)63-32(25-13-9-7-10-14-25)26-15-11-8-12-16-26/h7-16,22,24,29,31-32H,17-21,23H2,1-6H3,(H,43,57)(H,44,56)(H,47,53)(H,46,48,58)(H,59,60,61)/b50-30-/t29-,31+/m1/s1. The van der Waals surface area contributed by atoms with Gasteiger partial charge in [-0.2, -0.15) is 23.4 Å². The molecule has 2 fully saturated rings. The smallest absolute Gasteiger partial charge is 0.413 e. The summed E-state index contributed by atoms with van der Waals surface area (Å²) in [7, 11) is -5.18. The van der Waals surface area contributed by atoms with E-state index in [2.05, 4.69) is 41.6 Å². The Hall–Kier alpha value is -7.19. The van der Waals surface area contributed by atoms with Crippen molar-refractivity contribution in [3.63, 3.8) is 0 Å². The molecule has 0 spiro atoms. The number of thiazole rings is 1. The largest absolute Gasteiger partial charge is 0.450 e. The number of benzene rings is 2. The van der Waals surface area contributed by atoms with Gasteiger partial charge in [-0.25, -0.2) is 28.5 Å². The molecule has 3 heterocycles. The van der Waals surface area contributed by atoms with Crippen LogP contribution < -0.4 is 21.3 Å². The number of nitrogens with one attached hydrogen (secondary N) is 4.